The number of hydrogen-bond acceptors (Lipinski definition) is 10. The van der Waals surface area contributed by atoms with Crippen LogP contribution in [0.1, 0.15) is 51.1 Å². The van der Waals surface area contributed by atoms with Gasteiger partial charge in [0.1, 0.15) is 29.3 Å². The number of likely N-dealkylation sites (N-methyl/N-ethyl adjacent to an activating group) is 1. The highest BCUT2D eigenvalue weighted by Gasteiger charge is 2.54. The zero-order valence-corrected chi connectivity index (χ0v) is 28.1. The predicted molar refractivity (Wildman–Crippen MR) is 179 cm³/mol. The molecule has 1 aliphatic rings. The van der Waals surface area contributed by atoms with Crippen LogP contribution in [-0.2, 0) is 21.6 Å². The number of rotatable bonds is 11. The standard InChI is InChI=1S/C36H35F2N7O3S/c1-24(33-42-32(21-49-33)27-8-4-25(19-39)5-9-27)36(30-13-12-29(37)18-31(30)38,35(47-3)45-23-40-22-41-45)48-34(46)28-10-6-26(7-11-28)20-44-16-14-43(2)15-17-44/h4-13,18,21-24,35H,14-17,20H2,1-3H3/t24-,35?,36-/m0/s1. The second-order valence-electron chi connectivity index (χ2n) is 12.0. The van der Waals surface area contributed by atoms with Gasteiger partial charge in [-0.05, 0) is 49.0 Å². The van der Waals surface area contributed by atoms with E-state index < -0.39 is 35.4 Å². The summed E-state index contributed by atoms with van der Waals surface area (Å²) in [4.78, 5) is 27.8. The maximum absolute atomic E-state index is 16.1. The average molecular weight is 684 g/mol. The molecular formula is C36H35F2N7O3S. The molecule has 3 heterocycles. The number of nitrogens with zero attached hydrogens (tertiary/aromatic N) is 7. The quantitative estimate of drug-likeness (QED) is 0.155. The van der Waals surface area contributed by atoms with Gasteiger partial charge in [-0.15, -0.1) is 11.3 Å². The van der Waals surface area contributed by atoms with E-state index in [1.54, 1.807) is 43.3 Å². The van der Waals surface area contributed by atoms with Crippen LogP contribution >= 0.6 is 11.3 Å². The predicted octanol–water partition coefficient (Wildman–Crippen LogP) is 6.00. The fraction of sp³-hybridized carbons (Fsp3) is 0.306. The number of hydrogen-bond donors (Lipinski definition) is 0. The average Bonchev–Trinajstić information content (AvgIpc) is 3.83. The summed E-state index contributed by atoms with van der Waals surface area (Å²) in [5, 5.41) is 15.8. The molecule has 0 aliphatic carbocycles. The molecule has 252 valence electrons. The number of esters is 1. The van der Waals surface area contributed by atoms with Crippen molar-refractivity contribution >= 4 is 17.3 Å². The van der Waals surface area contributed by atoms with Crippen molar-refractivity contribution in [2.75, 3.05) is 40.3 Å². The van der Waals surface area contributed by atoms with Gasteiger partial charge in [-0.25, -0.2) is 28.2 Å². The number of carbonyl (C=O) groups is 1. The van der Waals surface area contributed by atoms with Gasteiger partial charge < -0.3 is 14.4 Å². The number of benzene rings is 3. The molecule has 2 aromatic heterocycles. The number of aromatic nitrogens is 4. The van der Waals surface area contributed by atoms with Crippen LogP contribution in [0.5, 0.6) is 0 Å². The monoisotopic (exact) mass is 683 g/mol. The lowest BCUT2D eigenvalue weighted by molar-refractivity contribution is -0.162. The van der Waals surface area contributed by atoms with Crippen molar-refractivity contribution in [3.8, 4) is 17.3 Å². The normalized spacial score (nSPS) is 16.4. The van der Waals surface area contributed by atoms with Crippen molar-refractivity contribution < 1.29 is 23.0 Å². The van der Waals surface area contributed by atoms with Crippen LogP contribution in [0.2, 0.25) is 0 Å². The van der Waals surface area contributed by atoms with Crippen molar-refractivity contribution in [3.05, 3.63) is 124 Å². The fourth-order valence-corrected chi connectivity index (χ4v) is 7.09. The number of carbonyl (C=O) groups excluding carboxylic acids is 1. The summed E-state index contributed by atoms with van der Waals surface area (Å²) >= 11 is 1.29. The molecule has 0 bridgehead atoms. The molecule has 1 aliphatic heterocycles. The molecule has 10 nitrogen and oxygen atoms in total. The van der Waals surface area contributed by atoms with Crippen molar-refractivity contribution in [1.82, 2.24) is 29.5 Å². The zero-order chi connectivity index (χ0) is 34.5. The first-order valence-electron chi connectivity index (χ1n) is 15.7. The Hall–Kier alpha value is -4.87. The maximum Gasteiger partial charge on any atom is 0.339 e. The third-order valence-corrected chi connectivity index (χ3v) is 9.95. The highest BCUT2D eigenvalue weighted by Crippen LogP contribution is 2.50. The summed E-state index contributed by atoms with van der Waals surface area (Å²) in [5.74, 6) is -3.34. The van der Waals surface area contributed by atoms with Crippen molar-refractivity contribution in [2.45, 2.75) is 31.2 Å². The summed E-state index contributed by atoms with van der Waals surface area (Å²) < 4.78 is 44.2. The molecule has 1 saturated heterocycles. The largest absolute Gasteiger partial charge is 0.445 e. The number of halogens is 2. The lowest BCUT2D eigenvalue weighted by Gasteiger charge is -2.42. The highest BCUT2D eigenvalue weighted by molar-refractivity contribution is 7.10. The molecule has 0 amide bonds. The minimum atomic E-state index is -1.96. The summed E-state index contributed by atoms with van der Waals surface area (Å²) in [6, 6.07) is 19.3. The second kappa shape index (κ2) is 14.7. The Balaban J connectivity index is 1.41. The minimum Gasteiger partial charge on any atom is -0.445 e. The Morgan fingerprint density at radius 2 is 1.80 bits per heavy atom. The molecular weight excluding hydrogens is 649 g/mol. The molecule has 5 aromatic rings. The topological polar surface area (TPSA) is 109 Å². The van der Waals surface area contributed by atoms with Gasteiger partial charge in [0, 0.05) is 62.4 Å². The lowest BCUT2D eigenvalue weighted by atomic mass is 9.79. The molecule has 3 atom stereocenters. The first kappa shape index (κ1) is 34.0. The first-order valence-corrected chi connectivity index (χ1v) is 16.6. The van der Waals surface area contributed by atoms with Gasteiger partial charge in [0.05, 0.1) is 28.8 Å². The van der Waals surface area contributed by atoms with Gasteiger partial charge in [-0.1, -0.05) is 31.2 Å². The summed E-state index contributed by atoms with van der Waals surface area (Å²) in [5.41, 5.74) is 1.08. The molecule has 1 fully saturated rings. The first-order chi connectivity index (χ1) is 23.7. The fourth-order valence-electron chi connectivity index (χ4n) is 6.14. The Bertz CT molecular complexity index is 1920. The maximum atomic E-state index is 16.1. The second-order valence-corrected chi connectivity index (χ2v) is 12.9. The van der Waals surface area contributed by atoms with Crippen LogP contribution in [0.3, 0.4) is 0 Å². The van der Waals surface area contributed by atoms with E-state index in [0.717, 1.165) is 56.0 Å². The zero-order valence-electron chi connectivity index (χ0n) is 27.3. The molecule has 1 unspecified atom stereocenters. The van der Waals surface area contributed by atoms with Crippen LogP contribution in [-0.4, -0.2) is 75.9 Å². The molecule has 0 radical (unpaired) electrons. The SMILES string of the molecule is COC(n1cncn1)[C@@](OC(=O)c1ccc(CN2CCN(C)CC2)cc1)(c1ccc(F)cc1F)[C@@H](C)c1nc(-c2ccc(C#N)cc2)cs1. The van der Waals surface area contributed by atoms with Gasteiger partial charge in [-0.2, -0.15) is 10.4 Å². The van der Waals surface area contributed by atoms with Gasteiger partial charge in [0.25, 0.3) is 0 Å². The van der Waals surface area contributed by atoms with E-state index in [4.69, 9.17) is 14.5 Å². The smallest absolute Gasteiger partial charge is 0.339 e. The van der Waals surface area contributed by atoms with Crippen molar-refractivity contribution in [2.24, 2.45) is 0 Å². The third-order valence-electron chi connectivity index (χ3n) is 8.92. The van der Waals surface area contributed by atoms with Gasteiger partial charge in [0.2, 0.25) is 0 Å². The van der Waals surface area contributed by atoms with Gasteiger partial charge in [0.15, 0.2) is 11.8 Å². The van der Waals surface area contributed by atoms with E-state index in [0.29, 0.717) is 16.3 Å². The minimum absolute atomic E-state index is 0.126. The molecule has 0 saturated carbocycles. The Labute approximate surface area is 287 Å². The van der Waals surface area contributed by atoms with E-state index in [1.165, 1.54) is 41.8 Å². The summed E-state index contributed by atoms with van der Waals surface area (Å²) in [6.07, 6.45) is 1.41. The number of ether oxygens (including phenoxy) is 2. The number of thiazole rings is 1. The summed E-state index contributed by atoms with van der Waals surface area (Å²) in [7, 11) is 3.50. The van der Waals surface area contributed by atoms with E-state index >= 15 is 4.39 Å². The van der Waals surface area contributed by atoms with Crippen LogP contribution < -0.4 is 0 Å². The van der Waals surface area contributed by atoms with Gasteiger partial charge >= 0.3 is 5.97 Å². The molecule has 49 heavy (non-hydrogen) atoms. The Morgan fingerprint density at radius 1 is 1.06 bits per heavy atom. The highest BCUT2D eigenvalue weighted by atomic mass is 32.1. The molecule has 13 heteroatoms. The molecule has 3 aromatic carbocycles. The van der Waals surface area contributed by atoms with Crippen LogP contribution in [0.4, 0.5) is 8.78 Å². The molecule has 0 spiro atoms. The van der Waals surface area contributed by atoms with E-state index in [1.807, 2.05) is 17.5 Å². The van der Waals surface area contributed by atoms with Crippen LogP contribution in [0.25, 0.3) is 11.3 Å². The molecule has 6 rings (SSSR count). The third kappa shape index (κ3) is 7.13. The summed E-state index contributed by atoms with van der Waals surface area (Å²) in [6.45, 7) is 6.38. The molecule has 0 N–H and O–H groups in total. The lowest BCUT2D eigenvalue weighted by Crippen LogP contribution is -2.47. The van der Waals surface area contributed by atoms with E-state index in [2.05, 4.69) is 33.0 Å². The number of methoxy groups -OCH3 is 1. The Morgan fingerprint density at radius 3 is 2.43 bits per heavy atom. The van der Waals surface area contributed by atoms with Crippen LogP contribution in [0.15, 0.2) is 84.8 Å². The van der Waals surface area contributed by atoms with E-state index in [-0.39, 0.29) is 11.1 Å². The van der Waals surface area contributed by atoms with Crippen molar-refractivity contribution in [3.63, 3.8) is 0 Å². The number of piperazine rings is 1. The van der Waals surface area contributed by atoms with Crippen molar-refractivity contribution in [1.29, 1.82) is 5.26 Å². The Kier molecular flexibility index (Phi) is 10.2. The van der Waals surface area contributed by atoms with Crippen LogP contribution in [0, 0.1) is 23.0 Å². The number of nitriles is 1. The van der Waals surface area contributed by atoms with E-state index in [9.17, 15) is 14.4 Å². The van der Waals surface area contributed by atoms with Gasteiger partial charge in [-0.3, -0.25) is 4.90 Å².